The summed E-state index contributed by atoms with van der Waals surface area (Å²) >= 11 is 0. The van der Waals surface area contributed by atoms with Gasteiger partial charge in [-0.25, -0.2) is 4.85 Å². The minimum Gasteiger partial charge on any atom is -0.518 e. The van der Waals surface area contributed by atoms with Crippen molar-refractivity contribution in [3.8, 4) is 17.0 Å². The summed E-state index contributed by atoms with van der Waals surface area (Å²) in [5.74, 6) is -0.248. The lowest BCUT2D eigenvalue weighted by Gasteiger charge is -2.07. The van der Waals surface area contributed by atoms with Crippen molar-refractivity contribution >= 4 is 5.69 Å². The summed E-state index contributed by atoms with van der Waals surface area (Å²) < 4.78 is 0. The van der Waals surface area contributed by atoms with Crippen LogP contribution in [0.2, 0.25) is 0 Å². The quantitative estimate of drug-likeness (QED) is 0.734. The van der Waals surface area contributed by atoms with E-state index in [4.69, 9.17) is 6.57 Å². The van der Waals surface area contributed by atoms with Gasteiger partial charge in [0.05, 0.1) is 12.3 Å². The van der Waals surface area contributed by atoms with Crippen LogP contribution in [0.4, 0.5) is 5.69 Å². The lowest BCUT2D eigenvalue weighted by molar-refractivity contribution is 0.473. The molecule has 0 unspecified atom stereocenters. The zero-order chi connectivity index (χ0) is 12.4. The average molecular weight is 226 g/mol. The largest absolute Gasteiger partial charge is 0.518 e. The van der Waals surface area contributed by atoms with Gasteiger partial charge in [0.25, 0.3) is 11.2 Å². The summed E-state index contributed by atoms with van der Waals surface area (Å²) in [5.41, 5.74) is 0.914. The van der Waals surface area contributed by atoms with Crippen LogP contribution in [0.15, 0.2) is 35.1 Å². The summed E-state index contributed by atoms with van der Waals surface area (Å²) in [5, 5.41) is 9.79. The zero-order valence-electron chi connectivity index (χ0n) is 9.19. The number of hydrogen-bond acceptors (Lipinski definition) is 2. The molecule has 0 spiro atoms. The number of aromatic nitrogens is 1. The Morgan fingerprint density at radius 1 is 1.29 bits per heavy atom. The third-order valence-corrected chi connectivity index (χ3v) is 2.57. The van der Waals surface area contributed by atoms with Gasteiger partial charge in [0, 0.05) is 5.56 Å². The van der Waals surface area contributed by atoms with Crippen molar-refractivity contribution in [3.63, 3.8) is 0 Å². The van der Waals surface area contributed by atoms with Gasteiger partial charge in [-0.3, -0.25) is 4.79 Å². The number of aromatic hydroxyl groups is 1. The van der Waals surface area contributed by atoms with Gasteiger partial charge in [0.2, 0.25) is 0 Å². The Bertz CT molecular complexity index is 652. The molecule has 0 saturated carbocycles. The predicted molar refractivity (Wildman–Crippen MR) is 65.2 cm³/mol. The zero-order valence-corrected chi connectivity index (χ0v) is 9.19. The van der Waals surface area contributed by atoms with E-state index in [1.54, 1.807) is 24.3 Å². The second-order valence-electron chi connectivity index (χ2n) is 3.63. The van der Waals surface area contributed by atoms with Crippen LogP contribution in [0, 0.1) is 13.5 Å². The molecule has 0 aliphatic heterocycles. The van der Waals surface area contributed by atoms with E-state index >= 15 is 0 Å². The third-order valence-electron chi connectivity index (χ3n) is 2.57. The SMILES string of the molecule is [C-]#[N+]c1c(-c2ccccc2)[nH]c(=O)c(C)c1O. The normalized spacial score (nSPS) is 9.88. The Morgan fingerprint density at radius 2 is 1.94 bits per heavy atom. The summed E-state index contributed by atoms with van der Waals surface area (Å²) in [6.07, 6.45) is 0. The van der Waals surface area contributed by atoms with Crippen LogP contribution in [0.5, 0.6) is 5.75 Å². The fraction of sp³-hybridized carbons (Fsp3) is 0.0769. The molecule has 0 fully saturated rings. The topological polar surface area (TPSA) is 57.5 Å². The predicted octanol–water partition coefficient (Wildman–Crippen LogP) is 2.61. The van der Waals surface area contributed by atoms with Crippen LogP contribution >= 0.6 is 0 Å². The van der Waals surface area contributed by atoms with Crippen molar-refractivity contribution in [3.05, 3.63) is 57.7 Å². The summed E-state index contributed by atoms with van der Waals surface area (Å²) in [4.78, 5) is 17.5. The number of nitrogens with zero attached hydrogens (tertiary/aromatic N) is 1. The van der Waals surface area contributed by atoms with Gasteiger partial charge in [-0.1, -0.05) is 30.3 Å². The van der Waals surface area contributed by atoms with Crippen molar-refractivity contribution in [2.45, 2.75) is 6.92 Å². The van der Waals surface area contributed by atoms with Crippen LogP contribution in [-0.4, -0.2) is 10.1 Å². The fourth-order valence-electron chi connectivity index (χ4n) is 1.59. The highest BCUT2D eigenvalue weighted by Crippen LogP contribution is 2.36. The van der Waals surface area contributed by atoms with Gasteiger partial charge in [0.15, 0.2) is 0 Å². The number of aromatic amines is 1. The fourth-order valence-corrected chi connectivity index (χ4v) is 1.59. The molecule has 0 radical (unpaired) electrons. The van der Waals surface area contributed by atoms with Gasteiger partial charge >= 0.3 is 0 Å². The minimum absolute atomic E-state index is 0.0771. The van der Waals surface area contributed by atoms with Crippen molar-refractivity contribution in [2.24, 2.45) is 0 Å². The van der Waals surface area contributed by atoms with Crippen molar-refractivity contribution in [1.29, 1.82) is 0 Å². The number of pyridine rings is 1. The molecule has 0 saturated heterocycles. The maximum Gasteiger partial charge on any atom is 0.252 e. The number of benzene rings is 1. The van der Waals surface area contributed by atoms with E-state index in [1.807, 2.05) is 6.07 Å². The molecule has 0 aliphatic carbocycles. The number of rotatable bonds is 1. The van der Waals surface area contributed by atoms with Gasteiger partial charge in [0.1, 0.15) is 5.75 Å². The molecule has 0 amide bonds. The smallest absolute Gasteiger partial charge is 0.252 e. The first-order valence-corrected chi connectivity index (χ1v) is 5.04. The van der Waals surface area contributed by atoms with Gasteiger partial charge < -0.3 is 10.1 Å². The molecule has 2 rings (SSSR count). The van der Waals surface area contributed by atoms with Crippen LogP contribution < -0.4 is 5.56 Å². The standard InChI is InChI=1S/C13H10N2O2/c1-8-12(16)11(14-2)10(15-13(8)17)9-6-4-3-5-7-9/h3-7H,1H3,(H2,15,16,17). The molecule has 0 bridgehead atoms. The molecule has 1 heterocycles. The molecule has 4 heteroatoms. The van der Waals surface area contributed by atoms with Crippen molar-refractivity contribution in [1.82, 2.24) is 4.98 Å². The Morgan fingerprint density at radius 3 is 2.53 bits per heavy atom. The Labute approximate surface area is 98.0 Å². The maximum atomic E-state index is 11.6. The van der Waals surface area contributed by atoms with E-state index in [0.29, 0.717) is 11.3 Å². The molecule has 84 valence electrons. The highest BCUT2D eigenvalue weighted by molar-refractivity contribution is 5.80. The molecule has 0 aliphatic rings. The molecule has 1 aromatic heterocycles. The lowest BCUT2D eigenvalue weighted by Crippen LogP contribution is -2.10. The van der Waals surface area contributed by atoms with Crippen molar-refractivity contribution < 1.29 is 5.11 Å². The number of nitrogens with one attached hydrogen (secondary N) is 1. The molecule has 1 aromatic carbocycles. The maximum absolute atomic E-state index is 11.6. The van der Waals surface area contributed by atoms with E-state index in [1.165, 1.54) is 6.92 Å². The molecule has 4 nitrogen and oxygen atoms in total. The van der Waals surface area contributed by atoms with E-state index in [0.717, 1.165) is 0 Å². The first kappa shape index (κ1) is 11.0. The van der Waals surface area contributed by atoms with Crippen LogP contribution in [0.25, 0.3) is 16.1 Å². The Balaban J connectivity index is 2.81. The minimum atomic E-state index is -0.381. The molecular weight excluding hydrogens is 216 g/mol. The Hall–Kier alpha value is -2.54. The van der Waals surface area contributed by atoms with E-state index < -0.39 is 0 Å². The molecule has 2 N–H and O–H groups in total. The summed E-state index contributed by atoms with van der Waals surface area (Å²) in [6.45, 7) is 8.57. The summed E-state index contributed by atoms with van der Waals surface area (Å²) in [6, 6.07) is 8.99. The molecule has 17 heavy (non-hydrogen) atoms. The van der Waals surface area contributed by atoms with Gasteiger partial charge in [-0.2, -0.15) is 0 Å². The highest BCUT2D eigenvalue weighted by atomic mass is 16.3. The van der Waals surface area contributed by atoms with Crippen LogP contribution in [0.3, 0.4) is 0 Å². The molecule has 2 aromatic rings. The Kier molecular flexibility index (Phi) is 2.67. The van der Waals surface area contributed by atoms with Gasteiger partial charge in [-0.05, 0) is 12.5 Å². The number of H-pyrrole nitrogens is 1. The van der Waals surface area contributed by atoms with Crippen LogP contribution in [-0.2, 0) is 0 Å². The molecule has 0 atom stereocenters. The first-order valence-electron chi connectivity index (χ1n) is 5.04. The first-order chi connectivity index (χ1) is 8.15. The summed E-state index contributed by atoms with van der Waals surface area (Å²) in [7, 11) is 0. The average Bonchev–Trinajstić information content (AvgIpc) is 2.36. The third kappa shape index (κ3) is 1.79. The molecular formula is C13H10N2O2. The van der Waals surface area contributed by atoms with E-state index in [9.17, 15) is 9.90 Å². The highest BCUT2D eigenvalue weighted by Gasteiger charge is 2.15. The monoisotopic (exact) mass is 226 g/mol. The number of hydrogen-bond donors (Lipinski definition) is 2. The second kappa shape index (κ2) is 4.14. The van der Waals surface area contributed by atoms with Gasteiger partial charge in [-0.15, -0.1) is 0 Å². The van der Waals surface area contributed by atoms with E-state index in [2.05, 4.69) is 9.83 Å². The second-order valence-corrected chi connectivity index (χ2v) is 3.63. The van der Waals surface area contributed by atoms with Crippen molar-refractivity contribution in [2.75, 3.05) is 0 Å². The lowest BCUT2D eigenvalue weighted by atomic mass is 10.1. The van der Waals surface area contributed by atoms with Crippen LogP contribution in [0.1, 0.15) is 5.56 Å². The van der Waals surface area contributed by atoms with E-state index in [-0.39, 0.29) is 22.6 Å².